The molecule has 0 saturated heterocycles. The molecule has 8 aromatic carbocycles. The zero-order chi connectivity index (χ0) is 73.2. The number of hydrogen-bond acceptors (Lipinski definition) is 12. The van der Waals surface area contributed by atoms with Gasteiger partial charge < -0.3 is 39.4 Å². The number of aromatic hydroxyl groups is 4. The largest absolute Gasteiger partial charge is 0.507 e. The first-order chi connectivity index (χ1) is 45.7. The van der Waals surface area contributed by atoms with E-state index in [9.17, 15) is 20.4 Å². The highest BCUT2D eigenvalue weighted by atomic mass is 16.5. The topological polar surface area (TPSA) is 167 Å². The Balaban J connectivity index is 1.00. The minimum absolute atomic E-state index is 0.172. The maximum atomic E-state index is 11.8. The summed E-state index contributed by atoms with van der Waals surface area (Å²) in [6, 6.07) is 42.3. The van der Waals surface area contributed by atoms with Gasteiger partial charge in [-0.05, 0) is 138 Å². The van der Waals surface area contributed by atoms with Gasteiger partial charge in [0, 0.05) is 100 Å². The average molecular weight is 1340 g/mol. The van der Waals surface area contributed by atoms with E-state index >= 15 is 0 Å². The van der Waals surface area contributed by atoms with Crippen molar-refractivity contribution >= 4 is 47.6 Å². The summed E-state index contributed by atoms with van der Waals surface area (Å²) in [7, 11) is 0. The molecule has 0 aromatic heterocycles. The van der Waals surface area contributed by atoms with E-state index in [0.717, 1.165) is 44.5 Å². The first-order valence-corrected chi connectivity index (χ1v) is 34.5. The van der Waals surface area contributed by atoms with Crippen molar-refractivity contribution in [3.05, 3.63) is 200 Å². The highest BCUT2D eigenvalue weighted by Crippen LogP contribution is 2.45. The van der Waals surface area contributed by atoms with Crippen LogP contribution in [0.3, 0.4) is 0 Å². The summed E-state index contributed by atoms with van der Waals surface area (Å²) in [6.45, 7) is 51.7. The minimum atomic E-state index is -0.333. The molecule has 0 aliphatic carbocycles. The molecule has 8 aromatic rings. The van der Waals surface area contributed by atoms with Crippen LogP contribution >= 0.6 is 0 Å². The fourth-order valence-corrected chi connectivity index (χ4v) is 11.1. The van der Waals surface area contributed by atoms with Crippen LogP contribution in [0, 0.1) is 0 Å². The Morgan fingerprint density at radius 3 is 0.768 bits per heavy atom. The second-order valence-corrected chi connectivity index (χ2v) is 34.4. The third kappa shape index (κ3) is 19.6. The van der Waals surface area contributed by atoms with E-state index in [1.54, 1.807) is 24.9 Å². The number of nitrogens with zero attached hydrogens (tertiary/aromatic N) is 4. The number of phenols is 4. The van der Waals surface area contributed by atoms with Crippen LogP contribution < -0.4 is 18.9 Å². The number of phenolic OH excluding ortho intramolecular Hbond substituents is 4. The van der Waals surface area contributed by atoms with Gasteiger partial charge in [0.05, 0.1) is 36.0 Å². The Labute approximate surface area is 590 Å². The molecule has 99 heavy (non-hydrogen) atoms. The Bertz CT molecular complexity index is 4080. The van der Waals surface area contributed by atoms with Crippen LogP contribution in [0.2, 0.25) is 0 Å². The summed E-state index contributed by atoms with van der Waals surface area (Å²) in [4.78, 5) is 20.0. The van der Waals surface area contributed by atoms with Crippen molar-refractivity contribution in [1.82, 2.24) is 0 Å². The number of ether oxygens (including phenoxy) is 4. The lowest BCUT2D eigenvalue weighted by molar-refractivity contribution is 0.246. The Morgan fingerprint density at radius 1 is 0.273 bits per heavy atom. The monoisotopic (exact) mass is 1340 g/mol. The fourth-order valence-electron chi connectivity index (χ4n) is 11.1. The van der Waals surface area contributed by atoms with Gasteiger partial charge in [0.15, 0.2) is 0 Å². The van der Waals surface area contributed by atoms with Gasteiger partial charge in [-0.15, -0.1) is 0 Å². The Morgan fingerprint density at radius 2 is 0.515 bits per heavy atom. The zero-order valence-corrected chi connectivity index (χ0v) is 63.3. The smallest absolute Gasteiger partial charge is 0.131 e. The molecule has 0 unspecified atom stereocenters. The molecule has 0 aliphatic rings. The van der Waals surface area contributed by atoms with Crippen molar-refractivity contribution < 1.29 is 39.4 Å². The predicted octanol–water partition coefficient (Wildman–Crippen LogP) is 23.3. The highest BCUT2D eigenvalue weighted by molar-refractivity contribution is 5.93. The molecule has 0 radical (unpaired) electrons. The van der Waals surface area contributed by atoms with Crippen LogP contribution in [-0.4, -0.2) is 58.5 Å². The summed E-state index contributed by atoms with van der Waals surface area (Å²) in [5.41, 5.74) is 10.0. The molecule has 0 spiro atoms. The second-order valence-electron chi connectivity index (χ2n) is 34.4. The molecule has 0 fully saturated rings. The molecule has 0 atom stereocenters. The normalized spacial score (nSPS) is 13.2. The summed E-state index contributed by atoms with van der Waals surface area (Å²) < 4.78 is 25.5. The van der Waals surface area contributed by atoms with Crippen LogP contribution in [0.5, 0.6) is 57.5 Å². The standard InChI is InChI=1S/C87H108N4O8/c1-80(2,3)58-38-54(76(92)68(42-58)84(13,14)15)50-88-72-34-32-66(48-74(72)90-52-56-40-60(82(7,8)9)44-70(78(56)94)86(19,20)21)98-64-30-25-28-62(46-64)96-36-27-37-97-63-29-26-31-65(47-63)99-67-33-35-73(89-51-55-39-59(81(4,5)6)43-69(77(55)93)85(16,17)18)75(49-67)91-53-57-41-61(83(10,11)12)45-71(79(57)95)87(22,23)24/h25-26,28-35,38-53,92-95H,27,36-37H2,1-24H3. The van der Waals surface area contributed by atoms with Crippen molar-refractivity contribution in [3.8, 4) is 57.5 Å². The number of hydrogen-bond donors (Lipinski definition) is 4. The molecule has 524 valence electrons. The van der Waals surface area contributed by atoms with Crippen LogP contribution in [0.15, 0.2) is 153 Å². The number of rotatable bonds is 18. The van der Waals surface area contributed by atoms with Gasteiger partial charge in [-0.2, -0.15) is 0 Å². The maximum Gasteiger partial charge on any atom is 0.131 e. The van der Waals surface area contributed by atoms with Crippen molar-refractivity contribution in [3.63, 3.8) is 0 Å². The molecular formula is C87H108N4O8. The second kappa shape index (κ2) is 29.0. The van der Waals surface area contributed by atoms with E-state index in [4.69, 9.17) is 38.9 Å². The van der Waals surface area contributed by atoms with Gasteiger partial charge in [-0.3, -0.25) is 20.0 Å². The van der Waals surface area contributed by atoms with Gasteiger partial charge in [0.1, 0.15) is 57.5 Å². The van der Waals surface area contributed by atoms with Crippen molar-refractivity contribution in [2.45, 2.75) is 216 Å². The Kier molecular flexibility index (Phi) is 22.1. The molecule has 12 heteroatoms. The molecule has 12 nitrogen and oxygen atoms in total. The summed E-state index contributed by atoms with van der Waals surface area (Å²) >= 11 is 0. The number of aliphatic imine (C=N–C) groups is 4. The molecule has 8 rings (SSSR count). The van der Waals surface area contributed by atoms with Gasteiger partial charge >= 0.3 is 0 Å². The third-order valence-electron chi connectivity index (χ3n) is 17.4. The lowest BCUT2D eigenvalue weighted by Crippen LogP contribution is -2.17. The maximum absolute atomic E-state index is 11.8. The van der Waals surface area contributed by atoms with Crippen LogP contribution in [0.4, 0.5) is 22.7 Å². The van der Waals surface area contributed by atoms with Crippen LogP contribution in [-0.2, 0) is 43.3 Å². The van der Waals surface area contributed by atoms with Gasteiger partial charge in [-0.1, -0.05) is 203 Å². The minimum Gasteiger partial charge on any atom is -0.507 e. The SMILES string of the molecule is CC(C)(C)c1cc(C=Nc2ccc(Oc3cccc(OCCCOc4cccc(Oc5ccc(N=Cc6cc(C(C)(C)C)cc(C(C)(C)C)c6O)c(N=Cc6cc(C(C)(C)C)cc(C(C)(C)C)c6O)c5)c4)c3)cc2N=Cc2cc(C(C)(C)C)cc(C(C)(C)C)c2O)c(O)c(C(C)(C)C)c1. The first-order valence-electron chi connectivity index (χ1n) is 34.5. The summed E-state index contributed by atoms with van der Waals surface area (Å²) in [6.07, 6.45) is 7.35. The van der Waals surface area contributed by atoms with E-state index in [1.165, 1.54) is 0 Å². The first kappa shape index (κ1) is 75.6. The quantitative estimate of drug-likeness (QED) is 0.0486. The van der Waals surface area contributed by atoms with Crippen molar-refractivity contribution in [1.29, 1.82) is 0 Å². The van der Waals surface area contributed by atoms with Gasteiger partial charge in [0.25, 0.3) is 0 Å². The van der Waals surface area contributed by atoms with E-state index in [-0.39, 0.29) is 66.3 Å². The van der Waals surface area contributed by atoms with Gasteiger partial charge in [-0.25, -0.2) is 0 Å². The molecular weight excluding hydrogens is 1230 g/mol. The lowest BCUT2D eigenvalue weighted by Gasteiger charge is -2.27. The van der Waals surface area contributed by atoms with E-state index in [0.29, 0.717) is 99.1 Å². The van der Waals surface area contributed by atoms with Crippen LogP contribution in [0.1, 0.15) is 239 Å². The zero-order valence-electron chi connectivity index (χ0n) is 63.3. The lowest BCUT2D eigenvalue weighted by atomic mass is 9.79. The van der Waals surface area contributed by atoms with E-state index in [1.807, 2.05) is 109 Å². The molecule has 4 N–H and O–H groups in total. The summed E-state index contributed by atoms with van der Waals surface area (Å²) in [5, 5.41) is 46.9. The molecule has 0 bridgehead atoms. The molecule has 0 heterocycles. The number of benzene rings is 8. The summed E-state index contributed by atoms with van der Waals surface area (Å²) in [5.74, 6) is 4.06. The van der Waals surface area contributed by atoms with Gasteiger partial charge in [0.2, 0.25) is 0 Å². The van der Waals surface area contributed by atoms with Crippen LogP contribution in [0.25, 0.3) is 0 Å². The molecule has 0 saturated carbocycles. The molecule has 0 aliphatic heterocycles. The van der Waals surface area contributed by atoms with Crippen molar-refractivity contribution in [2.75, 3.05) is 13.2 Å². The predicted molar refractivity (Wildman–Crippen MR) is 413 cm³/mol. The fraction of sp³-hybridized carbons (Fsp3) is 0.402. The average Bonchev–Trinajstić information content (AvgIpc) is 0.802. The van der Waals surface area contributed by atoms with Crippen molar-refractivity contribution in [2.24, 2.45) is 20.0 Å². The molecule has 0 amide bonds. The highest BCUT2D eigenvalue weighted by Gasteiger charge is 2.30. The Hall–Kier alpha value is -9.16. The van der Waals surface area contributed by atoms with E-state index in [2.05, 4.69) is 190 Å². The van der Waals surface area contributed by atoms with E-state index < -0.39 is 0 Å². The third-order valence-corrected chi connectivity index (χ3v) is 17.4.